The van der Waals surface area contributed by atoms with Gasteiger partial charge < -0.3 is 10.2 Å². The largest absolute Gasteiger partial charge is 0.509 e. The summed E-state index contributed by atoms with van der Waals surface area (Å²) in [7, 11) is 0. The second-order valence-electron chi connectivity index (χ2n) is 2.64. The van der Waals surface area contributed by atoms with Gasteiger partial charge in [0.1, 0.15) is 11.4 Å². The molecule has 0 fully saturated rings. The quantitative estimate of drug-likeness (QED) is 0.591. The van der Waals surface area contributed by atoms with Crippen molar-refractivity contribution in [3.8, 4) is 0 Å². The third-order valence-electron chi connectivity index (χ3n) is 1.74. The summed E-state index contributed by atoms with van der Waals surface area (Å²) in [5.41, 5.74) is -1.19. The number of aliphatic hydroxyl groups is 2. The number of hydrogen-bond acceptors (Lipinski definition) is 2. The van der Waals surface area contributed by atoms with Crippen LogP contribution in [-0.2, 0) is 0 Å². The van der Waals surface area contributed by atoms with Crippen LogP contribution in [0.15, 0.2) is 36.6 Å². The third kappa shape index (κ3) is 1.52. The highest BCUT2D eigenvalue weighted by Crippen LogP contribution is 2.25. The molecule has 2 N–H and O–H groups in total. The second-order valence-corrected chi connectivity index (χ2v) is 2.64. The van der Waals surface area contributed by atoms with E-state index in [2.05, 4.69) is 6.58 Å². The minimum Gasteiger partial charge on any atom is -0.509 e. The Morgan fingerprint density at radius 3 is 3.00 bits per heavy atom. The lowest BCUT2D eigenvalue weighted by atomic mass is 9.92. The Morgan fingerprint density at radius 2 is 2.45 bits per heavy atom. The van der Waals surface area contributed by atoms with Crippen molar-refractivity contribution in [1.29, 1.82) is 0 Å². The molecule has 11 heavy (non-hydrogen) atoms. The van der Waals surface area contributed by atoms with Gasteiger partial charge in [-0.15, -0.1) is 6.58 Å². The Balaban J connectivity index is 2.81. The maximum absolute atomic E-state index is 9.66. The lowest BCUT2D eigenvalue weighted by molar-refractivity contribution is 0.0807. The fourth-order valence-corrected chi connectivity index (χ4v) is 1.10. The van der Waals surface area contributed by atoms with Crippen molar-refractivity contribution in [3.05, 3.63) is 36.6 Å². The van der Waals surface area contributed by atoms with Gasteiger partial charge in [-0.3, -0.25) is 0 Å². The summed E-state index contributed by atoms with van der Waals surface area (Å²) >= 11 is 0. The summed E-state index contributed by atoms with van der Waals surface area (Å²) in [6.07, 6.45) is 7.65. The molecule has 0 saturated heterocycles. The van der Waals surface area contributed by atoms with Crippen LogP contribution in [0.2, 0.25) is 0 Å². The molecule has 0 bridgehead atoms. The van der Waals surface area contributed by atoms with Gasteiger partial charge in [-0.25, -0.2) is 0 Å². The predicted octanol–water partition coefficient (Wildman–Crippen LogP) is 1.70. The van der Waals surface area contributed by atoms with E-state index in [1.807, 2.05) is 6.08 Å². The first kappa shape index (κ1) is 8.08. The van der Waals surface area contributed by atoms with Gasteiger partial charge in [0.15, 0.2) is 0 Å². The molecule has 0 aromatic rings. The number of aliphatic hydroxyl groups excluding tert-OH is 1. The standard InChI is InChI=1S/C9H12O2/c1-2-6-9(11)7-4-3-5-8(9)10/h2,4-5,7,10-11H,1,3,6H2. The van der Waals surface area contributed by atoms with Crippen LogP contribution in [-0.4, -0.2) is 15.8 Å². The van der Waals surface area contributed by atoms with Crippen molar-refractivity contribution < 1.29 is 10.2 Å². The van der Waals surface area contributed by atoms with E-state index in [1.54, 1.807) is 18.2 Å². The summed E-state index contributed by atoms with van der Waals surface area (Å²) in [6.45, 7) is 3.50. The van der Waals surface area contributed by atoms with Crippen LogP contribution >= 0.6 is 0 Å². The van der Waals surface area contributed by atoms with Gasteiger partial charge in [0.2, 0.25) is 0 Å². The lowest BCUT2D eigenvalue weighted by Crippen LogP contribution is -2.29. The molecule has 0 amide bonds. The molecule has 1 rings (SSSR count). The molecule has 0 heterocycles. The van der Waals surface area contributed by atoms with E-state index in [0.717, 1.165) is 0 Å². The van der Waals surface area contributed by atoms with E-state index in [4.69, 9.17) is 0 Å². The van der Waals surface area contributed by atoms with Crippen LogP contribution in [0.25, 0.3) is 0 Å². The van der Waals surface area contributed by atoms with Crippen molar-refractivity contribution in [3.63, 3.8) is 0 Å². The number of hydrogen-bond donors (Lipinski definition) is 2. The molecule has 0 radical (unpaired) electrons. The van der Waals surface area contributed by atoms with E-state index in [1.165, 1.54) is 0 Å². The van der Waals surface area contributed by atoms with Crippen molar-refractivity contribution in [1.82, 2.24) is 0 Å². The molecule has 2 nitrogen and oxygen atoms in total. The number of rotatable bonds is 2. The van der Waals surface area contributed by atoms with Gasteiger partial charge >= 0.3 is 0 Å². The Hall–Kier alpha value is -1.02. The Bertz CT molecular complexity index is 216. The molecule has 1 unspecified atom stereocenters. The average Bonchev–Trinajstić information content (AvgIpc) is 1.96. The fourth-order valence-electron chi connectivity index (χ4n) is 1.10. The van der Waals surface area contributed by atoms with Crippen LogP contribution in [0.1, 0.15) is 12.8 Å². The van der Waals surface area contributed by atoms with Crippen LogP contribution in [0.4, 0.5) is 0 Å². The Morgan fingerprint density at radius 1 is 1.73 bits per heavy atom. The Labute approximate surface area is 66.2 Å². The Kier molecular flexibility index (Phi) is 2.15. The van der Waals surface area contributed by atoms with Crippen LogP contribution < -0.4 is 0 Å². The summed E-state index contributed by atoms with van der Waals surface area (Å²) < 4.78 is 0. The van der Waals surface area contributed by atoms with Crippen LogP contribution in [0, 0.1) is 0 Å². The van der Waals surface area contributed by atoms with Crippen molar-refractivity contribution in [2.75, 3.05) is 0 Å². The molecular weight excluding hydrogens is 140 g/mol. The minimum atomic E-state index is -1.19. The van der Waals surface area contributed by atoms with Crippen molar-refractivity contribution >= 4 is 0 Å². The van der Waals surface area contributed by atoms with Gasteiger partial charge in [0.25, 0.3) is 0 Å². The minimum absolute atomic E-state index is 0.0277. The van der Waals surface area contributed by atoms with Crippen LogP contribution in [0.3, 0.4) is 0 Å². The molecule has 0 saturated carbocycles. The zero-order valence-corrected chi connectivity index (χ0v) is 6.33. The molecule has 2 heteroatoms. The summed E-state index contributed by atoms with van der Waals surface area (Å²) in [5.74, 6) is 0.0277. The molecular formula is C9H12O2. The molecule has 60 valence electrons. The molecule has 0 spiro atoms. The predicted molar refractivity (Wildman–Crippen MR) is 44.2 cm³/mol. The zero-order chi connectivity index (χ0) is 8.32. The molecule has 0 aromatic heterocycles. The van der Waals surface area contributed by atoms with E-state index in [9.17, 15) is 10.2 Å². The molecule has 0 aliphatic heterocycles. The first-order valence-corrected chi connectivity index (χ1v) is 3.59. The van der Waals surface area contributed by atoms with E-state index < -0.39 is 5.60 Å². The highest BCUT2D eigenvalue weighted by molar-refractivity contribution is 5.25. The van der Waals surface area contributed by atoms with Crippen molar-refractivity contribution in [2.45, 2.75) is 18.4 Å². The maximum Gasteiger partial charge on any atom is 0.142 e. The lowest BCUT2D eigenvalue weighted by Gasteiger charge is -2.24. The van der Waals surface area contributed by atoms with Gasteiger partial charge in [0.05, 0.1) is 0 Å². The van der Waals surface area contributed by atoms with Gasteiger partial charge in [-0.2, -0.15) is 0 Å². The monoisotopic (exact) mass is 152 g/mol. The van der Waals surface area contributed by atoms with Gasteiger partial charge in [-0.1, -0.05) is 12.2 Å². The third-order valence-corrected chi connectivity index (χ3v) is 1.74. The average molecular weight is 152 g/mol. The molecule has 1 aliphatic rings. The molecule has 1 atom stereocenters. The summed E-state index contributed by atoms with van der Waals surface area (Å²) in [5, 5.41) is 18.9. The zero-order valence-electron chi connectivity index (χ0n) is 6.33. The topological polar surface area (TPSA) is 40.5 Å². The first-order valence-electron chi connectivity index (χ1n) is 3.59. The fraction of sp³-hybridized carbons (Fsp3) is 0.333. The molecule has 1 aliphatic carbocycles. The van der Waals surface area contributed by atoms with Gasteiger partial charge in [0, 0.05) is 6.42 Å². The molecule has 0 aromatic carbocycles. The second kappa shape index (κ2) is 2.93. The SMILES string of the molecule is C=CCC1(O)C=CCC=C1O. The maximum atomic E-state index is 9.66. The highest BCUT2D eigenvalue weighted by atomic mass is 16.3. The smallest absolute Gasteiger partial charge is 0.142 e. The van der Waals surface area contributed by atoms with Crippen LogP contribution in [0.5, 0.6) is 0 Å². The summed E-state index contributed by atoms with van der Waals surface area (Å²) in [4.78, 5) is 0. The normalized spacial score (nSPS) is 29.7. The first-order chi connectivity index (χ1) is 5.19. The van der Waals surface area contributed by atoms with E-state index in [0.29, 0.717) is 12.8 Å². The summed E-state index contributed by atoms with van der Waals surface area (Å²) in [6, 6.07) is 0. The van der Waals surface area contributed by atoms with Crippen molar-refractivity contribution in [2.24, 2.45) is 0 Å². The van der Waals surface area contributed by atoms with Gasteiger partial charge in [-0.05, 0) is 18.6 Å². The highest BCUT2D eigenvalue weighted by Gasteiger charge is 2.28. The van der Waals surface area contributed by atoms with E-state index >= 15 is 0 Å². The van der Waals surface area contributed by atoms with E-state index in [-0.39, 0.29) is 5.76 Å². The number of allylic oxidation sites excluding steroid dienone is 2.